The Kier molecular flexibility index (Phi) is 6.20. The Morgan fingerprint density at radius 1 is 1.11 bits per heavy atom. The van der Waals surface area contributed by atoms with Gasteiger partial charge >= 0.3 is 6.18 Å². The average Bonchev–Trinajstić information content (AvgIpc) is 2.84. The molecular weight excluding hydrogens is 485 g/mol. The molecule has 5 rings (SSSR count). The second kappa shape index (κ2) is 9.36. The Balaban J connectivity index is 1.47. The number of halogens is 3. The van der Waals surface area contributed by atoms with Crippen LogP contribution in [0.3, 0.4) is 0 Å². The first kappa shape index (κ1) is 24.5. The number of alkyl halides is 3. The summed E-state index contributed by atoms with van der Waals surface area (Å²) in [7, 11) is 1.66. The Hall–Kier alpha value is -4.18. The van der Waals surface area contributed by atoms with Crippen molar-refractivity contribution in [3.05, 3.63) is 87.8 Å². The smallest absolute Gasteiger partial charge is 0.377 e. The van der Waals surface area contributed by atoms with Crippen molar-refractivity contribution in [2.75, 3.05) is 23.8 Å². The zero-order valence-electron chi connectivity index (χ0n) is 20.0. The number of aryl methyl sites for hydroxylation is 1. The van der Waals surface area contributed by atoms with Crippen LogP contribution >= 0.6 is 0 Å². The van der Waals surface area contributed by atoms with Crippen LogP contribution in [-0.2, 0) is 18.0 Å². The first-order chi connectivity index (χ1) is 17.6. The van der Waals surface area contributed by atoms with Gasteiger partial charge in [-0.1, -0.05) is 12.1 Å². The molecule has 2 aromatic heterocycles. The van der Waals surface area contributed by atoms with Gasteiger partial charge in [-0.05, 0) is 55.0 Å². The molecule has 0 bridgehead atoms. The molecule has 37 heavy (non-hydrogen) atoms. The van der Waals surface area contributed by atoms with E-state index in [1.54, 1.807) is 37.5 Å². The van der Waals surface area contributed by atoms with Crippen LogP contribution in [0.15, 0.2) is 65.6 Å². The topological polar surface area (TPSA) is 85.2 Å². The maximum atomic E-state index is 13.2. The lowest BCUT2D eigenvalue weighted by Crippen LogP contribution is -2.40. The van der Waals surface area contributed by atoms with E-state index in [9.17, 15) is 22.8 Å². The summed E-state index contributed by atoms with van der Waals surface area (Å²) in [4.78, 5) is 30.4. The second-order valence-electron chi connectivity index (χ2n) is 8.99. The normalized spacial score (nSPS) is 13.9. The first-order valence-electron chi connectivity index (χ1n) is 11.5. The SMILES string of the molecule is Cc1ccc(NC(=O)c2cccc(C(F)(F)F)c2)cc1-c1cc2cnc(NC3COC3)cc2c(=O)n1C. The number of fused-ring (bicyclic) bond motifs is 1. The molecule has 3 heterocycles. The number of anilines is 2. The number of nitrogens with one attached hydrogen (secondary N) is 2. The van der Waals surface area contributed by atoms with Gasteiger partial charge in [0.1, 0.15) is 5.82 Å². The van der Waals surface area contributed by atoms with Crippen LogP contribution in [-0.4, -0.2) is 34.7 Å². The highest BCUT2D eigenvalue weighted by molar-refractivity contribution is 6.04. The molecule has 0 spiro atoms. The number of pyridine rings is 2. The molecule has 0 atom stereocenters. The second-order valence-corrected chi connectivity index (χ2v) is 8.99. The number of carbonyl (C=O) groups is 1. The number of carbonyl (C=O) groups excluding carboxylic acids is 1. The van der Waals surface area contributed by atoms with Crippen LogP contribution in [0.2, 0.25) is 0 Å². The van der Waals surface area contributed by atoms with E-state index in [2.05, 4.69) is 15.6 Å². The molecule has 1 aliphatic rings. The van der Waals surface area contributed by atoms with E-state index in [4.69, 9.17) is 4.74 Å². The first-order valence-corrected chi connectivity index (χ1v) is 11.5. The van der Waals surface area contributed by atoms with Gasteiger partial charge < -0.3 is 19.9 Å². The molecule has 10 heteroatoms. The highest BCUT2D eigenvalue weighted by Gasteiger charge is 2.31. The summed E-state index contributed by atoms with van der Waals surface area (Å²) < 4.78 is 45.8. The highest BCUT2D eigenvalue weighted by atomic mass is 19.4. The minimum absolute atomic E-state index is 0.112. The summed E-state index contributed by atoms with van der Waals surface area (Å²) in [6.07, 6.45) is -2.91. The van der Waals surface area contributed by atoms with Crippen LogP contribution in [0.5, 0.6) is 0 Å². The lowest BCUT2D eigenvalue weighted by atomic mass is 10.0. The number of nitrogens with zero attached hydrogens (tertiary/aromatic N) is 2. The van der Waals surface area contributed by atoms with Crippen molar-refractivity contribution in [3.8, 4) is 11.3 Å². The molecule has 1 fully saturated rings. The molecule has 1 amide bonds. The Morgan fingerprint density at radius 2 is 1.89 bits per heavy atom. The van der Waals surface area contributed by atoms with Gasteiger partial charge in [-0.2, -0.15) is 13.2 Å². The Labute approximate surface area is 209 Å². The number of hydrogen-bond acceptors (Lipinski definition) is 5. The molecule has 0 saturated carbocycles. The third-order valence-corrected chi connectivity index (χ3v) is 6.34. The zero-order valence-corrected chi connectivity index (χ0v) is 20.0. The van der Waals surface area contributed by atoms with Crippen molar-refractivity contribution in [2.24, 2.45) is 7.05 Å². The number of aromatic nitrogens is 2. The quantitative estimate of drug-likeness (QED) is 0.397. The third kappa shape index (κ3) is 4.92. The predicted octanol–water partition coefficient (Wildman–Crippen LogP) is 4.99. The van der Waals surface area contributed by atoms with Gasteiger partial charge in [0.15, 0.2) is 0 Å². The highest BCUT2D eigenvalue weighted by Crippen LogP contribution is 2.31. The molecule has 0 unspecified atom stereocenters. The van der Waals surface area contributed by atoms with E-state index in [-0.39, 0.29) is 17.2 Å². The maximum absolute atomic E-state index is 13.2. The molecule has 4 aromatic rings. The Bertz CT molecular complexity index is 1580. The fourth-order valence-electron chi connectivity index (χ4n) is 4.18. The summed E-state index contributed by atoms with van der Waals surface area (Å²) in [6.45, 7) is 3.06. The van der Waals surface area contributed by atoms with E-state index in [0.29, 0.717) is 46.7 Å². The summed E-state index contributed by atoms with van der Waals surface area (Å²) in [5.41, 5.74) is 1.32. The summed E-state index contributed by atoms with van der Waals surface area (Å²) in [5, 5.41) is 7.06. The molecule has 0 aliphatic carbocycles. The average molecular weight is 509 g/mol. The van der Waals surface area contributed by atoms with E-state index < -0.39 is 17.6 Å². The van der Waals surface area contributed by atoms with Gasteiger partial charge in [0.05, 0.1) is 35.9 Å². The molecule has 2 aromatic carbocycles. The van der Waals surface area contributed by atoms with Crippen molar-refractivity contribution < 1.29 is 22.7 Å². The largest absolute Gasteiger partial charge is 0.416 e. The lowest BCUT2D eigenvalue weighted by molar-refractivity contribution is -0.137. The van der Waals surface area contributed by atoms with Gasteiger partial charge in [-0.25, -0.2) is 4.98 Å². The van der Waals surface area contributed by atoms with E-state index >= 15 is 0 Å². The molecule has 1 aliphatic heterocycles. The van der Waals surface area contributed by atoms with Crippen LogP contribution in [0.25, 0.3) is 22.0 Å². The van der Waals surface area contributed by atoms with Crippen LogP contribution in [0, 0.1) is 6.92 Å². The predicted molar refractivity (Wildman–Crippen MR) is 135 cm³/mol. The number of ether oxygens (including phenoxy) is 1. The standard InChI is InChI=1S/C27H23F3N4O3/c1-15-6-7-19(33-25(35)16-4-3-5-18(8-16)27(28,29)30)10-21(15)23-9-17-12-31-24(32-20-13-37-14-20)11-22(17)26(36)34(23)2/h3-12,20H,13-14H2,1-2H3,(H,31,32)(H,33,35). The minimum Gasteiger partial charge on any atom is -0.377 e. The maximum Gasteiger partial charge on any atom is 0.416 e. The zero-order chi connectivity index (χ0) is 26.3. The molecule has 1 saturated heterocycles. The molecule has 0 radical (unpaired) electrons. The van der Waals surface area contributed by atoms with Gasteiger partial charge in [-0.15, -0.1) is 0 Å². The molecule has 190 valence electrons. The van der Waals surface area contributed by atoms with Gasteiger partial charge in [-0.3, -0.25) is 9.59 Å². The van der Waals surface area contributed by atoms with Crippen LogP contribution in [0.1, 0.15) is 21.5 Å². The fourth-order valence-corrected chi connectivity index (χ4v) is 4.18. The number of benzene rings is 2. The minimum atomic E-state index is -4.55. The molecular formula is C27H23F3N4O3. The van der Waals surface area contributed by atoms with Crippen molar-refractivity contribution in [1.29, 1.82) is 0 Å². The number of hydrogen-bond donors (Lipinski definition) is 2. The monoisotopic (exact) mass is 508 g/mol. The third-order valence-electron chi connectivity index (χ3n) is 6.34. The summed E-state index contributed by atoms with van der Waals surface area (Å²) in [5.74, 6) is -0.0736. The van der Waals surface area contributed by atoms with Crippen molar-refractivity contribution in [3.63, 3.8) is 0 Å². The van der Waals surface area contributed by atoms with Crippen molar-refractivity contribution >= 4 is 28.2 Å². The van der Waals surface area contributed by atoms with Crippen molar-refractivity contribution in [2.45, 2.75) is 19.1 Å². The van der Waals surface area contributed by atoms with Crippen molar-refractivity contribution in [1.82, 2.24) is 9.55 Å². The van der Waals surface area contributed by atoms with Gasteiger partial charge in [0.2, 0.25) is 0 Å². The van der Waals surface area contributed by atoms with E-state index in [0.717, 1.165) is 17.7 Å². The number of amides is 1. The Morgan fingerprint density at radius 3 is 2.59 bits per heavy atom. The molecule has 7 nitrogen and oxygen atoms in total. The fraction of sp³-hybridized carbons (Fsp3) is 0.222. The summed E-state index contributed by atoms with van der Waals surface area (Å²) >= 11 is 0. The van der Waals surface area contributed by atoms with E-state index in [1.165, 1.54) is 16.7 Å². The summed E-state index contributed by atoms with van der Waals surface area (Å²) in [6, 6.07) is 13.1. The van der Waals surface area contributed by atoms with E-state index in [1.807, 2.05) is 13.0 Å². The molecule has 2 N–H and O–H groups in total. The van der Waals surface area contributed by atoms with Crippen LogP contribution in [0.4, 0.5) is 24.7 Å². The van der Waals surface area contributed by atoms with Gasteiger partial charge in [0.25, 0.3) is 11.5 Å². The lowest BCUT2D eigenvalue weighted by Gasteiger charge is -2.27. The van der Waals surface area contributed by atoms with Gasteiger partial charge in [0, 0.05) is 35.4 Å². The number of rotatable bonds is 5. The van der Waals surface area contributed by atoms with Crippen LogP contribution < -0.4 is 16.2 Å².